The summed E-state index contributed by atoms with van der Waals surface area (Å²) in [5, 5.41) is 16.7. The molecule has 0 aliphatic heterocycles. The Bertz CT molecular complexity index is 707. The normalized spacial score (nSPS) is 11.1. The topological polar surface area (TPSA) is 118 Å². The number of nitrogens with zero attached hydrogens (tertiary/aromatic N) is 1. The van der Waals surface area contributed by atoms with E-state index in [0.29, 0.717) is 18.8 Å². The number of nitrogens with one attached hydrogen (secondary N) is 2. The van der Waals surface area contributed by atoms with E-state index in [0.717, 1.165) is 30.9 Å². The molecule has 0 atom stereocenters. The number of rotatable bonds is 11. The molecular formula is C15H23N3O5S2. The van der Waals surface area contributed by atoms with Crippen molar-refractivity contribution in [3.05, 3.63) is 28.3 Å². The molecular weight excluding hydrogens is 366 g/mol. The van der Waals surface area contributed by atoms with Crippen LogP contribution in [0.3, 0.4) is 0 Å². The second-order valence-electron chi connectivity index (χ2n) is 5.39. The molecule has 0 fully saturated rings. The highest BCUT2D eigenvalue weighted by molar-refractivity contribution is 7.99. The monoisotopic (exact) mass is 389 g/mol. The lowest BCUT2D eigenvalue weighted by atomic mass is 10.2. The van der Waals surface area contributed by atoms with Crippen LogP contribution in [0.15, 0.2) is 23.1 Å². The average molecular weight is 389 g/mol. The Labute approximate surface area is 151 Å². The van der Waals surface area contributed by atoms with E-state index in [1.54, 1.807) is 11.8 Å². The Morgan fingerprint density at radius 3 is 2.64 bits per heavy atom. The zero-order valence-electron chi connectivity index (χ0n) is 14.3. The Balaban J connectivity index is 2.52. The van der Waals surface area contributed by atoms with E-state index in [9.17, 15) is 23.3 Å². The number of thioether (sulfide) groups is 1. The molecule has 8 nitrogen and oxygen atoms in total. The second kappa shape index (κ2) is 10.2. The fourth-order valence-electron chi connectivity index (χ4n) is 1.90. The molecule has 0 aromatic heterocycles. The van der Waals surface area contributed by atoms with E-state index in [1.807, 2.05) is 0 Å². The number of nitro benzene ring substituents is 1. The summed E-state index contributed by atoms with van der Waals surface area (Å²) in [5.74, 6) is 1.26. The summed E-state index contributed by atoms with van der Waals surface area (Å²) in [4.78, 5) is 22.0. The number of anilines is 1. The first-order valence-electron chi connectivity index (χ1n) is 7.82. The van der Waals surface area contributed by atoms with E-state index in [4.69, 9.17) is 0 Å². The number of carbonyl (C=O) groups is 1. The molecule has 0 bridgehead atoms. The van der Waals surface area contributed by atoms with Crippen molar-refractivity contribution >= 4 is 38.9 Å². The van der Waals surface area contributed by atoms with Gasteiger partial charge in [0.15, 0.2) is 9.84 Å². The Hall–Kier alpha value is -1.81. The van der Waals surface area contributed by atoms with Crippen LogP contribution in [0.25, 0.3) is 0 Å². The molecule has 0 saturated carbocycles. The fraction of sp³-hybridized carbons (Fsp3) is 0.533. The largest absolute Gasteiger partial charge is 0.378 e. The van der Waals surface area contributed by atoms with Crippen molar-refractivity contribution in [1.29, 1.82) is 0 Å². The minimum atomic E-state index is -3.52. The summed E-state index contributed by atoms with van der Waals surface area (Å²) < 4.78 is 23.0. The van der Waals surface area contributed by atoms with Gasteiger partial charge in [-0.3, -0.25) is 14.9 Å². The molecule has 1 aromatic rings. The maximum absolute atomic E-state index is 11.6. The van der Waals surface area contributed by atoms with Crippen molar-refractivity contribution in [3.63, 3.8) is 0 Å². The summed E-state index contributed by atoms with van der Waals surface area (Å²) in [5.41, 5.74) is -0.103. The van der Waals surface area contributed by atoms with Crippen LogP contribution in [0.4, 0.5) is 11.4 Å². The van der Waals surface area contributed by atoms with Crippen LogP contribution in [0.5, 0.6) is 0 Å². The number of amides is 1. The average Bonchev–Trinajstić information content (AvgIpc) is 2.54. The SMILES string of the molecule is CCCCSCC(=O)NCCNc1ccc(S(C)(=O)=O)cc1[N+](=O)[O-]. The van der Waals surface area contributed by atoms with Gasteiger partial charge in [0.25, 0.3) is 5.69 Å². The number of hydrogen-bond donors (Lipinski definition) is 2. The molecule has 0 heterocycles. The van der Waals surface area contributed by atoms with Gasteiger partial charge in [0.05, 0.1) is 15.6 Å². The zero-order valence-corrected chi connectivity index (χ0v) is 15.9. The molecule has 25 heavy (non-hydrogen) atoms. The molecule has 0 saturated heterocycles. The van der Waals surface area contributed by atoms with Crippen molar-refractivity contribution in [3.8, 4) is 0 Å². The van der Waals surface area contributed by atoms with Crippen LogP contribution in [0, 0.1) is 10.1 Å². The Morgan fingerprint density at radius 1 is 1.32 bits per heavy atom. The van der Waals surface area contributed by atoms with Crippen LogP contribution in [0.1, 0.15) is 19.8 Å². The van der Waals surface area contributed by atoms with Gasteiger partial charge in [-0.1, -0.05) is 13.3 Å². The van der Waals surface area contributed by atoms with E-state index in [-0.39, 0.29) is 22.2 Å². The number of nitro groups is 1. The van der Waals surface area contributed by atoms with Crippen LogP contribution in [-0.4, -0.2) is 50.1 Å². The highest BCUT2D eigenvalue weighted by atomic mass is 32.2. The lowest BCUT2D eigenvalue weighted by molar-refractivity contribution is -0.384. The standard InChI is InChI=1S/C15H23N3O5S2/c1-3-4-9-24-11-15(19)17-8-7-16-13-6-5-12(25(2,22)23)10-14(13)18(20)21/h5-6,10,16H,3-4,7-9,11H2,1-2H3,(H,17,19). The number of sulfone groups is 1. The van der Waals surface area contributed by atoms with Crippen molar-refractivity contribution < 1.29 is 18.1 Å². The first kappa shape index (κ1) is 21.2. The summed E-state index contributed by atoms with van der Waals surface area (Å²) in [6, 6.07) is 3.70. The molecule has 0 radical (unpaired) electrons. The first-order chi connectivity index (χ1) is 11.8. The number of carbonyl (C=O) groups excluding carboxylic acids is 1. The fourth-order valence-corrected chi connectivity index (χ4v) is 3.47. The Kier molecular flexibility index (Phi) is 8.70. The second-order valence-corrected chi connectivity index (χ2v) is 8.51. The van der Waals surface area contributed by atoms with Crippen molar-refractivity contribution in [1.82, 2.24) is 5.32 Å². The van der Waals surface area contributed by atoms with Gasteiger partial charge in [0, 0.05) is 25.4 Å². The lowest BCUT2D eigenvalue weighted by Crippen LogP contribution is -2.30. The molecule has 0 aliphatic rings. The molecule has 140 valence electrons. The van der Waals surface area contributed by atoms with Crippen LogP contribution in [-0.2, 0) is 14.6 Å². The summed E-state index contributed by atoms with van der Waals surface area (Å²) in [6.07, 6.45) is 3.16. The number of unbranched alkanes of at least 4 members (excludes halogenated alkanes) is 1. The summed E-state index contributed by atoms with van der Waals surface area (Å²) in [6.45, 7) is 2.70. The molecule has 0 aliphatic carbocycles. The molecule has 0 spiro atoms. The molecule has 1 amide bonds. The molecule has 10 heteroatoms. The first-order valence-corrected chi connectivity index (χ1v) is 10.9. The van der Waals surface area contributed by atoms with Crippen molar-refractivity contribution in [2.45, 2.75) is 24.7 Å². The third kappa shape index (κ3) is 7.74. The van der Waals surface area contributed by atoms with Gasteiger partial charge in [0.2, 0.25) is 5.91 Å². The van der Waals surface area contributed by atoms with Gasteiger partial charge in [-0.05, 0) is 24.3 Å². The minimum absolute atomic E-state index is 0.0789. The highest BCUT2D eigenvalue weighted by Crippen LogP contribution is 2.27. The highest BCUT2D eigenvalue weighted by Gasteiger charge is 2.18. The lowest BCUT2D eigenvalue weighted by Gasteiger charge is -2.09. The predicted molar refractivity (Wildman–Crippen MR) is 99.9 cm³/mol. The smallest absolute Gasteiger partial charge is 0.293 e. The predicted octanol–water partition coefficient (Wildman–Crippen LogP) is 2.06. The number of benzene rings is 1. The van der Waals surface area contributed by atoms with Crippen molar-refractivity contribution in [2.24, 2.45) is 0 Å². The van der Waals surface area contributed by atoms with Gasteiger partial charge in [-0.15, -0.1) is 0 Å². The van der Waals surface area contributed by atoms with Crippen LogP contribution < -0.4 is 10.6 Å². The van der Waals surface area contributed by atoms with E-state index in [2.05, 4.69) is 17.6 Å². The minimum Gasteiger partial charge on any atom is -0.378 e. The summed E-state index contributed by atoms with van der Waals surface area (Å²) >= 11 is 1.57. The zero-order chi connectivity index (χ0) is 18.9. The van der Waals surface area contributed by atoms with E-state index < -0.39 is 14.8 Å². The van der Waals surface area contributed by atoms with Gasteiger partial charge in [-0.2, -0.15) is 11.8 Å². The van der Waals surface area contributed by atoms with Crippen LogP contribution in [0.2, 0.25) is 0 Å². The maximum Gasteiger partial charge on any atom is 0.293 e. The van der Waals surface area contributed by atoms with E-state index in [1.165, 1.54) is 12.1 Å². The summed E-state index contributed by atoms with van der Waals surface area (Å²) in [7, 11) is -3.52. The molecule has 1 aromatic carbocycles. The van der Waals surface area contributed by atoms with Crippen LogP contribution >= 0.6 is 11.8 Å². The molecule has 2 N–H and O–H groups in total. The third-order valence-electron chi connectivity index (χ3n) is 3.23. The Morgan fingerprint density at radius 2 is 2.04 bits per heavy atom. The molecule has 1 rings (SSSR count). The van der Waals surface area contributed by atoms with Gasteiger partial charge >= 0.3 is 0 Å². The third-order valence-corrected chi connectivity index (χ3v) is 5.39. The van der Waals surface area contributed by atoms with Gasteiger partial charge in [-0.25, -0.2) is 8.42 Å². The van der Waals surface area contributed by atoms with Gasteiger partial charge < -0.3 is 10.6 Å². The van der Waals surface area contributed by atoms with Gasteiger partial charge in [0.1, 0.15) is 5.69 Å². The maximum atomic E-state index is 11.6. The molecule has 0 unspecified atom stereocenters. The quantitative estimate of drug-likeness (QED) is 0.338. The number of hydrogen-bond acceptors (Lipinski definition) is 7. The van der Waals surface area contributed by atoms with E-state index >= 15 is 0 Å². The van der Waals surface area contributed by atoms with Crippen molar-refractivity contribution in [2.75, 3.05) is 36.2 Å².